The highest BCUT2D eigenvalue weighted by molar-refractivity contribution is 9.10. The van der Waals surface area contributed by atoms with E-state index in [4.69, 9.17) is 0 Å². The Morgan fingerprint density at radius 2 is 2.19 bits per heavy atom. The molecule has 0 aliphatic heterocycles. The van der Waals surface area contributed by atoms with E-state index >= 15 is 0 Å². The van der Waals surface area contributed by atoms with Gasteiger partial charge >= 0.3 is 11.9 Å². The molecule has 114 valence electrons. The maximum atomic E-state index is 11.7. The minimum Gasteiger partial charge on any atom is -0.459 e. The molecule has 0 radical (unpaired) electrons. The van der Waals surface area contributed by atoms with Crippen molar-refractivity contribution in [2.75, 3.05) is 17.2 Å². The maximum absolute atomic E-state index is 11.7. The first-order valence-electron chi connectivity index (χ1n) is 6.78. The van der Waals surface area contributed by atoms with Gasteiger partial charge in [-0.25, -0.2) is 14.8 Å². The predicted molar refractivity (Wildman–Crippen MR) is 80.8 cm³/mol. The van der Waals surface area contributed by atoms with Crippen molar-refractivity contribution < 1.29 is 14.3 Å². The van der Waals surface area contributed by atoms with E-state index in [1.165, 1.54) is 19.0 Å². The number of nitrogens with one attached hydrogen (secondary N) is 2. The lowest BCUT2D eigenvalue weighted by Gasteiger charge is -2.16. The molecule has 1 fully saturated rings. The van der Waals surface area contributed by atoms with Crippen LogP contribution in [0.15, 0.2) is 10.8 Å². The Hall–Kier alpha value is -1.70. The molecule has 8 heteroatoms. The van der Waals surface area contributed by atoms with Crippen molar-refractivity contribution in [1.29, 1.82) is 0 Å². The van der Waals surface area contributed by atoms with Crippen LogP contribution in [0, 0.1) is 5.92 Å². The fourth-order valence-corrected chi connectivity index (χ4v) is 2.12. The summed E-state index contributed by atoms with van der Waals surface area (Å²) in [4.78, 5) is 31.4. The molecule has 0 aromatic carbocycles. The molecule has 1 atom stereocenters. The molecule has 0 saturated heterocycles. The van der Waals surface area contributed by atoms with Crippen LogP contribution in [0.1, 0.15) is 26.7 Å². The molecule has 0 bridgehead atoms. The van der Waals surface area contributed by atoms with Gasteiger partial charge in [0.15, 0.2) is 11.6 Å². The highest BCUT2D eigenvalue weighted by Crippen LogP contribution is 2.34. The number of ether oxygens (including phenoxy) is 1. The first-order chi connectivity index (χ1) is 10.0. The van der Waals surface area contributed by atoms with Crippen LogP contribution in [0.2, 0.25) is 0 Å². The number of rotatable bonds is 5. The molecule has 1 aliphatic rings. The summed E-state index contributed by atoms with van der Waals surface area (Å²) in [6.07, 6.45) is 3.81. The van der Waals surface area contributed by atoms with Gasteiger partial charge in [-0.05, 0) is 48.5 Å². The monoisotopic (exact) mass is 356 g/mol. The van der Waals surface area contributed by atoms with Gasteiger partial charge in [0.1, 0.15) is 4.60 Å². The zero-order chi connectivity index (χ0) is 15.4. The number of hydrogen-bond donors (Lipinski definition) is 2. The highest BCUT2D eigenvalue weighted by atomic mass is 79.9. The number of anilines is 2. The zero-order valence-corrected chi connectivity index (χ0v) is 13.4. The average Bonchev–Trinajstić information content (AvgIpc) is 3.26. The number of halogens is 1. The lowest BCUT2D eigenvalue weighted by Crippen LogP contribution is -2.27. The maximum Gasteiger partial charge on any atom is 0.397 e. The second-order valence-corrected chi connectivity index (χ2v) is 5.65. The lowest BCUT2D eigenvalue weighted by molar-refractivity contribution is -0.152. The first-order valence-corrected chi connectivity index (χ1v) is 7.57. The Balaban J connectivity index is 2.10. The second kappa shape index (κ2) is 6.84. The van der Waals surface area contributed by atoms with Crippen molar-refractivity contribution >= 4 is 39.4 Å². The Labute approximate surface area is 131 Å². The van der Waals surface area contributed by atoms with Gasteiger partial charge in [0, 0.05) is 6.04 Å². The minimum absolute atomic E-state index is 0.141. The van der Waals surface area contributed by atoms with Crippen LogP contribution in [0.4, 0.5) is 11.6 Å². The van der Waals surface area contributed by atoms with E-state index in [0.717, 1.165) is 0 Å². The number of hydrogen-bond acceptors (Lipinski definition) is 6. The number of esters is 1. The second-order valence-electron chi connectivity index (χ2n) is 4.83. The highest BCUT2D eigenvalue weighted by Gasteiger charge is 2.29. The Morgan fingerprint density at radius 3 is 2.81 bits per heavy atom. The van der Waals surface area contributed by atoms with E-state index in [1.807, 2.05) is 0 Å². The number of aromatic nitrogens is 2. The molecule has 2 N–H and O–H groups in total. The van der Waals surface area contributed by atoms with Gasteiger partial charge < -0.3 is 10.1 Å². The van der Waals surface area contributed by atoms with Crippen LogP contribution in [0.5, 0.6) is 0 Å². The molecule has 1 amide bonds. The fraction of sp³-hybridized carbons (Fsp3) is 0.538. The predicted octanol–water partition coefficient (Wildman–Crippen LogP) is 1.95. The van der Waals surface area contributed by atoms with Crippen molar-refractivity contribution in [3.05, 3.63) is 10.8 Å². The fourth-order valence-electron chi connectivity index (χ4n) is 1.84. The third-order valence-electron chi connectivity index (χ3n) is 3.13. The van der Waals surface area contributed by atoms with Crippen LogP contribution in [-0.4, -0.2) is 34.5 Å². The molecular weight excluding hydrogens is 340 g/mol. The van der Waals surface area contributed by atoms with Crippen LogP contribution in [0.3, 0.4) is 0 Å². The number of carbonyl (C=O) groups excluding carboxylic acids is 2. The summed E-state index contributed by atoms with van der Waals surface area (Å²) in [6.45, 7) is 3.83. The van der Waals surface area contributed by atoms with E-state index in [-0.39, 0.29) is 18.5 Å². The summed E-state index contributed by atoms with van der Waals surface area (Å²) in [5, 5.41) is 5.64. The van der Waals surface area contributed by atoms with E-state index in [2.05, 4.69) is 48.2 Å². The zero-order valence-electron chi connectivity index (χ0n) is 11.9. The summed E-state index contributed by atoms with van der Waals surface area (Å²) in [6, 6.07) is 0.229. The molecule has 1 aliphatic carbocycles. The SMILES string of the molecule is CCOC(=O)C(=O)Nc1ncc(Br)nc1N[C@@H](C)C1CC1. The van der Waals surface area contributed by atoms with Gasteiger partial charge in [-0.1, -0.05) is 0 Å². The van der Waals surface area contributed by atoms with Gasteiger partial charge in [0.05, 0.1) is 12.8 Å². The summed E-state index contributed by atoms with van der Waals surface area (Å²) in [5.74, 6) is -0.552. The molecule has 1 aromatic heterocycles. The largest absolute Gasteiger partial charge is 0.459 e. The van der Waals surface area contributed by atoms with Crippen LogP contribution in [-0.2, 0) is 14.3 Å². The number of amides is 1. The van der Waals surface area contributed by atoms with Crippen molar-refractivity contribution in [1.82, 2.24) is 9.97 Å². The summed E-state index contributed by atoms with van der Waals surface area (Å²) >= 11 is 3.24. The van der Waals surface area contributed by atoms with E-state index < -0.39 is 11.9 Å². The molecular formula is C13H17BrN4O3. The topological polar surface area (TPSA) is 93.2 Å². The van der Waals surface area contributed by atoms with Gasteiger partial charge in [-0.3, -0.25) is 10.1 Å². The molecule has 7 nitrogen and oxygen atoms in total. The lowest BCUT2D eigenvalue weighted by atomic mass is 10.2. The van der Waals surface area contributed by atoms with Gasteiger partial charge in [0.2, 0.25) is 0 Å². The standard InChI is InChI=1S/C13H17BrN4O3/c1-3-21-13(20)12(19)18-10-11(17-9(14)6-15-10)16-7(2)8-4-5-8/h6-8H,3-5H2,1-2H3,(H,16,17)(H,15,18,19)/t7-/m0/s1. The smallest absolute Gasteiger partial charge is 0.397 e. The van der Waals surface area contributed by atoms with Crippen molar-refractivity contribution in [2.24, 2.45) is 5.92 Å². The van der Waals surface area contributed by atoms with Crippen molar-refractivity contribution in [3.8, 4) is 0 Å². The number of nitrogens with zero attached hydrogens (tertiary/aromatic N) is 2. The van der Waals surface area contributed by atoms with E-state index in [1.54, 1.807) is 6.92 Å². The summed E-state index contributed by atoms with van der Waals surface area (Å²) in [5.41, 5.74) is 0. The normalized spacial score (nSPS) is 15.2. The van der Waals surface area contributed by atoms with Crippen molar-refractivity contribution in [3.63, 3.8) is 0 Å². The molecule has 2 rings (SSSR count). The Bertz CT molecular complexity index is 548. The third kappa shape index (κ3) is 4.38. The Morgan fingerprint density at radius 1 is 1.48 bits per heavy atom. The molecule has 0 spiro atoms. The van der Waals surface area contributed by atoms with E-state index in [0.29, 0.717) is 16.3 Å². The van der Waals surface area contributed by atoms with E-state index in [9.17, 15) is 9.59 Å². The molecule has 1 aromatic rings. The van der Waals surface area contributed by atoms with Crippen LogP contribution in [0.25, 0.3) is 0 Å². The summed E-state index contributed by atoms with van der Waals surface area (Å²) < 4.78 is 5.18. The minimum atomic E-state index is -0.941. The van der Waals surface area contributed by atoms with Crippen molar-refractivity contribution in [2.45, 2.75) is 32.7 Å². The number of carbonyl (C=O) groups is 2. The van der Waals surface area contributed by atoms with Gasteiger partial charge in [-0.2, -0.15) is 0 Å². The third-order valence-corrected chi connectivity index (χ3v) is 3.51. The summed E-state index contributed by atoms with van der Waals surface area (Å²) in [7, 11) is 0. The molecule has 21 heavy (non-hydrogen) atoms. The first kappa shape index (κ1) is 15.7. The van der Waals surface area contributed by atoms with Gasteiger partial charge in [0.25, 0.3) is 0 Å². The quantitative estimate of drug-likeness (QED) is 0.618. The van der Waals surface area contributed by atoms with Crippen LogP contribution >= 0.6 is 15.9 Å². The van der Waals surface area contributed by atoms with Crippen LogP contribution < -0.4 is 10.6 Å². The average molecular weight is 357 g/mol. The molecule has 1 heterocycles. The molecule has 1 saturated carbocycles. The Kier molecular flexibility index (Phi) is 5.11. The van der Waals surface area contributed by atoms with Gasteiger partial charge in [-0.15, -0.1) is 0 Å². The molecule has 0 unspecified atom stereocenters.